The summed E-state index contributed by atoms with van der Waals surface area (Å²) in [4.78, 5) is 0. The van der Waals surface area contributed by atoms with Crippen LogP contribution in [0.4, 0.5) is 0 Å². The number of hydrogen-bond acceptors (Lipinski definition) is 3. The fourth-order valence-electron chi connectivity index (χ4n) is 2.76. The van der Waals surface area contributed by atoms with Crippen LogP contribution in [-0.2, 0) is 0 Å². The van der Waals surface area contributed by atoms with Crippen molar-refractivity contribution in [3.8, 4) is 0 Å². The lowest BCUT2D eigenvalue weighted by Crippen LogP contribution is -2.26. The zero-order valence-corrected chi connectivity index (χ0v) is 15.3. The van der Waals surface area contributed by atoms with Crippen LogP contribution in [0.15, 0.2) is 36.5 Å². The molecule has 0 aromatic heterocycles. The highest BCUT2D eigenvalue weighted by Gasteiger charge is 2.23. The first kappa shape index (κ1) is 20.1. The molecule has 0 aliphatic heterocycles. The smallest absolute Gasteiger partial charge is 0.0834 e. The van der Waals surface area contributed by atoms with Crippen LogP contribution in [0.3, 0.4) is 0 Å². The second-order valence-electron chi connectivity index (χ2n) is 8.09. The Morgan fingerprint density at radius 1 is 0.826 bits per heavy atom. The van der Waals surface area contributed by atoms with E-state index in [-0.39, 0.29) is 0 Å². The summed E-state index contributed by atoms with van der Waals surface area (Å²) in [5.74, 6) is 0.766. The van der Waals surface area contributed by atoms with Gasteiger partial charge in [0.05, 0.1) is 16.8 Å². The lowest BCUT2D eigenvalue weighted by atomic mass is 9.84. The van der Waals surface area contributed by atoms with Crippen LogP contribution < -0.4 is 0 Å². The van der Waals surface area contributed by atoms with Gasteiger partial charge in [-0.3, -0.25) is 0 Å². The van der Waals surface area contributed by atoms with Gasteiger partial charge < -0.3 is 15.3 Å². The molecule has 132 valence electrons. The van der Waals surface area contributed by atoms with Crippen molar-refractivity contribution < 1.29 is 15.3 Å². The summed E-state index contributed by atoms with van der Waals surface area (Å²) in [6.07, 6.45) is 13.5. The minimum atomic E-state index is -0.975. The maximum Gasteiger partial charge on any atom is 0.0834 e. The Labute approximate surface area is 141 Å². The Hall–Kier alpha value is -0.900. The molecule has 0 heterocycles. The first-order valence-electron chi connectivity index (χ1n) is 8.64. The van der Waals surface area contributed by atoms with Gasteiger partial charge in [0.1, 0.15) is 0 Å². The van der Waals surface area contributed by atoms with Gasteiger partial charge in [-0.1, -0.05) is 50.3 Å². The molecule has 3 nitrogen and oxygen atoms in total. The summed E-state index contributed by atoms with van der Waals surface area (Å²) in [7, 11) is 0. The quantitative estimate of drug-likeness (QED) is 0.644. The van der Waals surface area contributed by atoms with Crippen molar-refractivity contribution in [1.82, 2.24) is 0 Å². The van der Waals surface area contributed by atoms with E-state index in [2.05, 4.69) is 19.9 Å². The molecule has 3 N–H and O–H groups in total. The summed E-state index contributed by atoms with van der Waals surface area (Å²) in [5, 5.41) is 31.3. The third-order valence-corrected chi connectivity index (χ3v) is 4.56. The van der Waals surface area contributed by atoms with Gasteiger partial charge in [0.15, 0.2) is 0 Å². The SMILES string of the molecule is CC(C)[C@H]1/C=C/[C@@](C)(O)C/C=C/[C@@](C)(O)C/C=C/[C@@](C)(O)CC1. The number of aliphatic hydroxyl groups is 3. The fraction of sp³-hybridized carbons (Fsp3) is 0.700. The minimum Gasteiger partial charge on any atom is -0.386 e. The van der Waals surface area contributed by atoms with Gasteiger partial charge in [0, 0.05) is 0 Å². The van der Waals surface area contributed by atoms with E-state index in [0.29, 0.717) is 31.1 Å². The van der Waals surface area contributed by atoms with Crippen molar-refractivity contribution in [1.29, 1.82) is 0 Å². The van der Waals surface area contributed by atoms with Crippen LogP contribution >= 0.6 is 0 Å². The molecule has 0 unspecified atom stereocenters. The summed E-state index contributed by atoms with van der Waals surface area (Å²) in [6.45, 7) is 9.63. The van der Waals surface area contributed by atoms with Crippen LogP contribution in [0.25, 0.3) is 0 Å². The highest BCUT2D eigenvalue weighted by Crippen LogP contribution is 2.27. The third kappa shape index (κ3) is 7.96. The van der Waals surface area contributed by atoms with Gasteiger partial charge in [-0.15, -0.1) is 0 Å². The summed E-state index contributed by atoms with van der Waals surface area (Å²) >= 11 is 0. The second-order valence-corrected chi connectivity index (χ2v) is 8.09. The number of hydrogen-bond donors (Lipinski definition) is 3. The molecule has 1 aliphatic rings. The molecule has 0 spiro atoms. The second kappa shape index (κ2) is 7.78. The lowest BCUT2D eigenvalue weighted by Gasteiger charge is -2.26. The first-order valence-corrected chi connectivity index (χ1v) is 8.64. The van der Waals surface area contributed by atoms with Crippen LogP contribution in [0.5, 0.6) is 0 Å². The Balaban J connectivity index is 3.05. The number of allylic oxidation sites excluding steroid dienone is 1. The van der Waals surface area contributed by atoms with Crippen molar-refractivity contribution in [3.63, 3.8) is 0 Å². The van der Waals surface area contributed by atoms with E-state index in [4.69, 9.17) is 0 Å². The molecule has 0 aromatic carbocycles. The van der Waals surface area contributed by atoms with Gasteiger partial charge in [-0.05, 0) is 58.3 Å². The predicted molar refractivity (Wildman–Crippen MR) is 96.1 cm³/mol. The zero-order valence-electron chi connectivity index (χ0n) is 15.3. The van der Waals surface area contributed by atoms with Gasteiger partial charge in [0.2, 0.25) is 0 Å². The fourth-order valence-corrected chi connectivity index (χ4v) is 2.76. The molecule has 0 saturated carbocycles. The summed E-state index contributed by atoms with van der Waals surface area (Å²) in [5.41, 5.74) is -2.79. The zero-order chi connectivity index (χ0) is 17.7. The van der Waals surface area contributed by atoms with E-state index < -0.39 is 16.8 Å². The van der Waals surface area contributed by atoms with E-state index in [0.717, 1.165) is 6.42 Å². The van der Waals surface area contributed by atoms with Crippen LogP contribution in [0.1, 0.15) is 60.3 Å². The first-order chi connectivity index (χ1) is 10.4. The maximum absolute atomic E-state index is 10.5. The third-order valence-electron chi connectivity index (χ3n) is 4.56. The predicted octanol–water partition coefficient (Wildman–Crippen LogP) is 3.75. The van der Waals surface area contributed by atoms with E-state index in [1.165, 1.54) is 0 Å². The molecule has 0 fully saturated rings. The van der Waals surface area contributed by atoms with Gasteiger partial charge in [-0.25, -0.2) is 0 Å². The Kier molecular flexibility index (Phi) is 6.81. The molecule has 0 amide bonds. The van der Waals surface area contributed by atoms with E-state index in [1.54, 1.807) is 32.9 Å². The molecule has 1 rings (SSSR count). The molecule has 0 radical (unpaired) electrons. The Bertz CT molecular complexity index is 454. The lowest BCUT2D eigenvalue weighted by molar-refractivity contribution is 0.0892. The molecule has 23 heavy (non-hydrogen) atoms. The molecule has 1 aliphatic carbocycles. The Morgan fingerprint density at radius 3 is 1.83 bits per heavy atom. The largest absolute Gasteiger partial charge is 0.386 e. The molecule has 0 aromatic rings. The van der Waals surface area contributed by atoms with Gasteiger partial charge in [-0.2, -0.15) is 0 Å². The van der Waals surface area contributed by atoms with Crippen LogP contribution in [0, 0.1) is 11.8 Å². The van der Waals surface area contributed by atoms with E-state index in [9.17, 15) is 15.3 Å². The molecule has 3 heteroatoms. The minimum absolute atomic E-state index is 0.316. The van der Waals surface area contributed by atoms with Crippen molar-refractivity contribution in [3.05, 3.63) is 36.5 Å². The van der Waals surface area contributed by atoms with Crippen molar-refractivity contribution >= 4 is 0 Å². The van der Waals surface area contributed by atoms with Crippen LogP contribution in [0.2, 0.25) is 0 Å². The standard InChI is InChI=1S/C20H34O3/c1-16(2)17-8-14-19(4,22)12-6-10-18(3,21)11-7-13-20(5,23)15-9-17/h6-8,10,13-14,16-17,21-23H,9,11-12,15H2,1-5H3/b10-6+,13-7+,14-8+/t17-,18+,19-,20+/m0/s1. The van der Waals surface area contributed by atoms with E-state index in [1.807, 2.05) is 18.2 Å². The van der Waals surface area contributed by atoms with Crippen molar-refractivity contribution in [2.24, 2.45) is 11.8 Å². The van der Waals surface area contributed by atoms with Crippen molar-refractivity contribution in [2.75, 3.05) is 0 Å². The molecule has 0 bridgehead atoms. The van der Waals surface area contributed by atoms with Gasteiger partial charge in [0.25, 0.3) is 0 Å². The normalized spacial score (nSPS) is 44.5. The molecule has 0 saturated heterocycles. The average molecular weight is 322 g/mol. The summed E-state index contributed by atoms with van der Waals surface area (Å²) < 4.78 is 0. The Morgan fingerprint density at radius 2 is 1.30 bits per heavy atom. The maximum atomic E-state index is 10.5. The highest BCUT2D eigenvalue weighted by molar-refractivity contribution is 5.11. The topological polar surface area (TPSA) is 60.7 Å². The summed E-state index contributed by atoms with van der Waals surface area (Å²) in [6, 6.07) is 0. The monoisotopic (exact) mass is 322 g/mol. The average Bonchev–Trinajstić information content (AvgIpc) is 2.35. The van der Waals surface area contributed by atoms with E-state index >= 15 is 0 Å². The highest BCUT2D eigenvalue weighted by atomic mass is 16.3. The molecular weight excluding hydrogens is 288 g/mol. The van der Waals surface area contributed by atoms with Gasteiger partial charge >= 0.3 is 0 Å². The van der Waals surface area contributed by atoms with Crippen molar-refractivity contribution in [2.45, 2.75) is 77.1 Å². The molecule has 4 atom stereocenters. The van der Waals surface area contributed by atoms with Crippen LogP contribution in [-0.4, -0.2) is 32.1 Å². The molecular formula is C20H34O3. The number of rotatable bonds is 1.